The third-order valence-corrected chi connectivity index (χ3v) is 5.72. The minimum absolute atomic E-state index is 0.187. The largest absolute Gasteiger partial charge is 0.477 e. The van der Waals surface area contributed by atoms with Crippen LogP contribution in [0.2, 0.25) is 0 Å². The predicted octanol–water partition coefficient (Wildman–Crippen LogP) is 3.07. The zero-order chi connectivity index (χ0) is 18.7. The van der Waals surface area contributed by atoms with Gasteiger partial charge in [-0.05, 0) is 25.3 Å². The molecule has 0 aromatic carbocycles. The molecule has 0 aliphatic heterocycles. The van der Waals surface area contributed by atoms with Gasteiger partial charge in [0.1, 0.15) is 9.88 Å². The van der Waals surface area contributed by atoms with E-state index in [1.54, 1.807) is 13.8 Å². The Kier molecular flexibility index (Phi) is 5.43. The van der Waals surface area contributed by atoms with E-state index in [0.717, 1.165) is 16.2 Å². The van der Waals surface area contributed by atoms with E-state index in [2.05, 4.69) is 20.4 Å². The number of aromatic nitrogens is 3. The first-order valence-electron chi connectivity index (χ1n) is 7.80. The van der Waals surface area contributed by atoms with Gasteiger partial charge in [0.25, 0.3) is 0 Å². The van der Waals surface area contributed by atoms with Crippen molar-refractivity contribution < 1.29 is 19.2 Å². The summed E-state index contributed by atoms with van der Waals surface area (Å²) in [5.74, 6) is -0.293. The van der Waals surface area contributed by atoms with E-state index in [9.17, 15) is 9.59 Å². The lowest BCUT2D eigenvalue weighted by molar-refractivity contribution is -0.121. The molecular formula is C16H16N4O4S2. The second-order valence-corrected chi connectivity index (χ2v) is 7.53. The van der Waals surface area contributed by atoms with E-state index in [1.165, 1.54) is 11.3 Å². The van der Waals surface area contributed by atoms with Crippen LogP contribution in [0.15, 0.2) is 22.0 Å². The van der Waals surface area contributed by atoms with Crippen molar-refractivity contribution in [3.8, 4) is 10.7 Å². The first-order chi connectivity index (χ1) is 12.4. The van der Waals surface area contributed by atoms with Gasteiger partial charge in [0.05, 0.1) is 16.6 Å². The molecule has 3 rings (SSSR count). The van der Waals surface area contributed by atoms with E-state index in [4.69, 9.17) is 9.63 Å². The number of amides is 1. The van der Waals surface area contributed by atoms with Gasteiger partial charge in [0.2, 0.25) is 17.6 Å². The highest BCUT2D eigenvalue weighted by Crippen LogP contribution is 2.24. The number of rotatable bonds is 7. The number of aromatic carboxylic acids is 1. The molecule has 136 valence electrons. The molecule has 26 heavy (non-hydrogen) atoms. The van der Waals surface area contributed by atoms with Gasteiger partial charge in [-0.15, -0.1) is 22.7 Å². The smallest absolute Gasteiger partial charge is 0.347 e. The van der Waals surface area contributed by atoms with Crippen LogP contribution in [-0.4, -0.2) is 32.1 Å². The van der Waals surface area contributed by atoms with Gasteiger partial charge in [-0.3, -0.25) is 4.79 Å². The quantitative estimate of drug-likeness (QED) is 0.634. The van der Waals surface area contributed by atoms with Gasteiger partial charge in [0, 0.05) is 12.8 Å². The van der Waals surface area contributed by atoms with Crippen LogP contribution < -0.4 is 5.32 Å². The second kappa shape index (κ2) is 7.75. The van der Waals surface area contributed by atoms with Gasteiger partial charge in [-0.25, -0.2) is 9.78 Å². The molecule has 8 nitrogen and oxygen atoms in total. The van der Waals surface area contributed by atoms with Crippen LogP contribution in [0, 0.1) is 6.92 Å². The summed E-state index contributed by atoms with van der Waals surface area (Å²) < 4.78 is 5.16. The summed E-state index contributed by atoms with van der Waals surface area (Å²) in [7, 11) is 0. The van der Waals surface area contributed by atoms with Crippen molar-refractivity contribution in [3.63, 3.8) is 0 Å². The van der Waals surface area contributed by atoms with Crippen LogP contribution >= 0.6 is 22.7 Å². The minimum Gasteiger partial charge on any atom is -0.477 e. The number of nitrogens with one attached hydrogen (secondary N) is 1. The van der Waals surface area contributed by atoms with E-state index in [1.807, 2.05) is 17.5 Å². The summed E-state index contributed by atoms with van der Waals surface area (Å²) in [6, 6.07) is 3.43. The highest BCUT2D eigenvalue weighted by Gasteiger charge is 2.19. The minimum atomic E-state index is -1.01. The standard InChI is InChI=1S/C16H16N4O4S2/c1-8-13(16(22)23)26-15(18-8)9(2)17-11(21)5-6-12-19-14(20-24-12)10-4-3-7-25-10/h3-4,7,9H,5-6H2,1-2H3,(H,17,21)(H,22,23). The molecule has 3 heterocycles. The number of hydrogen-bond acceptors (Lipinski definition) is 8. The van der Waals surface area contributed by atoms with Gasteiger partial charge in [-0.1, -0.05) is 11.2 Å². The summed E-state index contributed by atoms with van der Waals surface area (Å²) >= 11 is 2.58. The highest BCUT2D eigenvalue weighted by atomic mass is 32.1. The number of nitrogens with zero attached hydrogens (tertiary/aromatic N) is 3. The molecule has 0 radical (unpaired) electrons. The zero-order valence-corrected chi connectivity index (χ0v) is 15.7. The first kappa shape index (κ1) is 18.2. The van der Waals surface area contributed by atoms with Crippen molar-refractivity contribution in [2.75, 3.05) is 0 Å². The maximum atomic E-state index is 12.1. The van der Waals surface area contributed by atoms with E-state index >= 15 is 0 Å². The molecule has 1 unspecified atom stereocenters. The number of thiophene rings is 1. The Morgan fingerprint density at radius 2 is 2.19 bits per heavy atom. The van der Waals surface area contributed by atoms with Crippen LogP contribution in [0.25, 0.3) is 10.7 Å². The van der Waals surface area contributed by atoms with E-state index < -0.39 is 5.97 Å². The number of carbonyl (C=O) groups excluding carboxylic acids is 1. The molecule has 0 fully saturated rings. The monoisotopic (exact) mass is 392 g/mol. The molecule has 3 aromatic rings. The molecule has 3 aromatic heterocycles. The van der Waals surface area contributed by atoms with Crippen molar-refractivity contribution in [2.24, 2.45) is 0 Å². The van der Waals surface area contributed by atoms with Crippen LogP contribution in [0.3, 0.4) is 0 Å². The second-order valence-electron chi connectivity index (χ2n) is 5.55. The van der Waals surface area contributed by atoms with Crippen molar-refractivity contribution >= 4 is 34.6 Å². The Bertz CT molecular complexity index is 917. The third-order valence-electron chi connectivity index (χ3n) is 3.53. The lowest BCUT2D eigenvalue weighted by atomic mass is 10.2. The average molecular weight is 392 g/mol. The molecule has 0 aliphatic carbocycles. The average Bonchev–Trinajstić information content (AvgIpc) is 3.32. The number of hydrogen-bond donors (Lipinski definition) is 2. The van der Waals surface area contributed by atoms with Crippen molar-refractivity contribution in [1.82, 2.24) is 20.4 Å². The predicted molar refractivity (Wildman–Crippen MR) is 96.3 cm³/mol. The molecule has 0 saturated carbocycles. The van der Waals surface area contributed by atoms with Crippen LogP contribution in [0.5, 0.6) is 0 Å². The number of carbonyl (C=O) groups is 2. The Labute approximate surface area is 156 Å². The fourth-order valence-corrected chi connectivity index (χ4v) is 3.82. The van der Waals surface area contributed by atoms with Crippen molar-refractivity contribution in [2.45, 2.75) is 32.7 Å². The fourth-order valence-electron chi connectivity index (χ4n) is 2.26. The number of carboxylic acids is 1. The van der Waals surface area contributed by atoms with Crippen LogP contribution in [0.1, 0.15) is 45.7 Å². The fraction of sp³-hybridized carbons (Fsp3) is 0.312. The van der Waals surface area contributed by atoms with Crippen LogP contribution in [-0.2, 0) is 11.2 Å². The summed E-state index contributed by atoms with van der Waals surface area (Å²) in [6.07, 6.45) is 0.515. The molecule has 0 aliphatic rings. The van der Waals surface area contributed by atoms with Crippen molar-refractivity contribution in [3.05, 3.63) is 39.0 Å². The number of aryl methyl sites for hydroxylation is 2. The van der Waals surface area contributed by atoms with Gasteiger partial charge < -0.3 is 14.9 Å². The molecule has 0 spiro atoms. The maximum Gasteiger partial charge on any atom is 0.347 e. The Morgan fingerprint density at radius 3 is 2.85 bits per heavy atom. The molecular weight excluding hydrogens is 376 g/mol. The summed E-state index contributed by atoms with van der Waals surface area (Å²) in [5, 5.41) is 18.3. The normalized spacial score (nSPS) is 12.1. The summed E-state index contributed by atoms with van der Waals surface area (Å²) in [4.78, 5) is 32.8. The number of thiazole rings is 1. The molecule has 0 saturated heterocycles. The lowest BCUT2D eigenvalue weighted by Crippen LogP contribution is -2.26. The molecule has 1 atom stereocenters. The van der Waals surface area contributed by atoms with E-state index in [-0.39, 0.29) is 23.2 Å². The van der Waals surface area contributed by atoms with Gasteiger partial charge >= 0.3 is 5.97 Å². The lowest BCUT2D eigenvalue weighted by Gasteiger charge is -2.10. The molecule has 2 N–H and O–H groups in total. The highest BCUT2D eigenvalue weighted by molar-refractivity contribution is 7.14. The zero-order valence-electron chi connectivity index (χ0n) is 14.1. The van der Waals surface area contributed by atoms with Gasteiger partial charge in [0.15, 0.2) is 0 Å². The Morgan fingerprint density at radius 1 is 1.38 bits per heavy atom. The molecule has 10 heteroatoms. The van der Waals surface area contributed by atoms with Crippen LogP contribution in [0.4, 0.5) is 0 Å². The SMILES string of the molecule is Cc1nc(C(C)NC(=O)CCc2nc(-c3cccs3)no2)sc1C(=O)O. The van der Waals surface area contributed by atoms with E-state index in [0.29, 0.717) is 28.8 Å². The van der Waals surface area contributed by atoms with Crippen molar-refractivity contribution in [1.29, 1.82) is 0 Å². The molecule has 0 bridgehead atoms. The number of carboxylic acid groups (broad SMARTS) is 1. The Balaban J connectivity index is 1.54. The summed E-state index contributed by atoms with van der Waals surface area (Å²) in [5.41, 5.74) is 0.450. The topological polar surface area (TPSA) is 118 Å². The summed E-state index contributed by atoms with van der Waals surface area (Å²) in [6.45, 7) is 3.40. The maximum absolute atomic E-state index is 12.1. The Hall–Kier alpha value is -2.59. The third kappa shape index (κ3) is 4.14. The first-order valence-corrected chi connectivity index (χ1v) is 9.50. The molecule has 1 amide bonds. The van der Waals surface area contributed by atoms with Gasteiger partial charge in [-0.2, -0.15) is 4.98 Å².